The Labute approximate surface area is 122 Å². The maximum absolute atomic E-state index is 11.4. The van der Waals surface area contributed by atoms with Gasteiger partial charge in [-0.2, -0.15) is 0 Å². The van der Waals surface area contributed by atoms with Gasteiger partial charge in [0, 0.05) is 12.1 Å². The molecule has 0 aliphatic rings. The number of hydrogen-bond acceptors (Lipinski definition) is 8. The molecule has 0 aliphatic carbocycles. The highest BCUT2D eigenvalue weighted by Gasteiger charge is 2.25. The standard InChI is InChI=1S/C12H17NO7Si/c1-8(14)9-6-11(19-2)12(7-10(9)13-15)20-4-3-5-21(16,17)18/h6-7,16-18H,3-5H2,1-2H3. The summed E-state index contributed by atoms with van der Waals surface area (Å²) in [6, 6.07) is 2.47. The molecule has 0 aromatic heterocycles. The van der Waals surface area contributed by atoms with Gasteiger partial charge in [-0.3, -0.25) is 4.79 Å². The molecule has 0 amide bonds. The maximum atomic E-state index is 11.4. The van der Waals surface area contributed by atoms with Crippen LogP contribution in [0.15, 0.2) is 17.3 Å². The number of Topliss-reactive ketones (excluding diaryl/α,β-unsaturated/α-hetero) is 1. The van der Waals surface area contributed by atoms with E-state index >= 15 is 0 Å². The molecule has 0 aliphatic heterocycles. The molecule has 116 valence electrons. The van der Waals surface area contributed by atoms with E-state index in [-0.39, 0.29) is 47.6 Å². The molecular formula is C12H17NO7Si. The summed E-state index contributed by atoms with van der Waals surface area (Å²) in [6.07, 6.45) is 0.206. The summed E-state index contributed by atoms with van der Waals surface area (Å²) in [7, 11) is -2.70. The molecule has 0 heterocycles. The summed E-state index contributed by atoms with van der Waals surface area (Å²) < 4.78 is 10.4. The Hall–Kier alpha value is -1.81. The summed E-state index contributed by atoms with van der Waals surface area (Å²) >= 11 is 0. The van der Waals surface area contributed by atoms with E-state index in [0.29, 0.717) is 0 Å². The highest BCUT2D eigenvalue weighted by atomic mass is 28.4. The highest BCUT2D eigenvalue weighted by molar-refractivity contribution is 6.56. The van der Waals surface area contributed by atoms with Crippen LogP contribution in [0.4, 0.5) is 5.69 Å². The fraction of sp³-hybridized carbons (Fsp3) is 0.417. The third-order valence-corrected chi connectivity index (χ3v) is 3.70. The van der Waals surface area contributed by atoms with Crippen molar-refractivity contribution in [1.82, 2.24) is 0 Å². The third kappa shape index (κ3) is 5.23. The zero-order valence-electron chi connectivity index (χ0n) is 11.7. The van der Waals surface area contributed by atoms with Gasteiger partial charge in [0.25, 0.3) is 0 Å². The average Bonchev–Trinajstić information content (AvgIpc) is 2.41. The van der Waals surface area contributed by atoms with E-state index in [2.05, 4.69) is 5.18 Å². The van der Waals surface area contributed by atoms with Crippen molar-refractivity contribution in [3.05, 3.63) is 22.6 Å². The number of hydrogen-bond donors (Lipinski definition) is 3. The molecule has 0 bridgehead atoms. The Kier molecular flexibility index (Phi) is 5.97. The summed E-state index contributed by atoms with van der Waals surface area (Å²) in [5.41, 5.74) is 0.0650. The zero-order valence-corrected chi connectivity index (χ0v) is 12.7. The van der Waals surface area contributed by atoms with Gasteiger partial charge in [0.1, 0.15) is 5.69 Å². The van der Waals surface area contributed by atoms with Crippen molar-refractivity contribution in [2.24, 2.45) is 5.18 Å². The SMILES string of the molecule is COc1cc(C(C)=O)c(N=O)cc1OCCC[Si](O)(O)O. The molecule has 0 saturated heterocycles. The van der Waals surface area contributed by atoms with E-state index in [4.69, 9.17) is 23.9 Å². The molecule has 0 spiro atoms. The van der Waals surface area contributed by atoms with Crippen LogP contribution in [0.3, 0.4) is 0 Å². The van der Waals surface area contributed by atoms with Crippen LogP contribution in [0.5, 0.6) is 11.5 Å². The smallest absolute Gasteiger partial charge is 0.492 e. The van der Waals surface area contributed by atoms with E-state index in [1.54, 1.807) is 0 Å². The Balaban J connectivity index is 2.86. The second kappa shape index (κ2) is 7.27. The first kappa shape index (κ1) is 17.2. The number of benzene rings is 1. The summed E-state index contributed by atoms with van der Waals surface area (Å²) in [4.78, 5) is 48.8. The first-order valence-corrected chi connectivity index (χ1v) is 8.19. The lowest BCUT2D eigenvalue weighted by molar-refractivity contribution is 0.101. The van der Waals surface area contributed by atoms with Crippen LogP contribution in [0.1, 0.15) is 23.7 Å². The van der Waals surface area contributed by atoms with E-state index in [1.165, 1.54) is 26.2 Å². The molecule has 3 N–H and O–H groups in total. The first-order chi connectivity index (χ1) is 9.78. The summed E-state index contributed by atoms with van der Waals surface area (Å²) in [5.74, 6) is 0.136. The summed E-state index contributed by atoms with van der Waals surface area (Å²) in [5, 5.41) is 2.78. The number of rotatable bonds is 8. The van der Waals surface area contributed by atoms with E-state index in [1.807, 2.05) is 0 Å². The molecule has 0 saturated carbocycles. The predicted molar refractivity (Wildman–Crippen MR) is 75.8 cm³/mol. The minimum atomic E-state index is -4.08. The van der Waals surface area contributed by atoms with Crippen molar-refractivity contribution in [1.29, 1.82) is 0 Å². The Morgan fingerprint density at radius 1 is 1.29 bits per heavy atom. The lowest BCUT2D eigenvalue weighted by Crippen LogP contribution is -2.34. The number of carbonyl (C=O) groups excluding carboxylic acids is 1. The molecule has 1 aromatic carbocycles. The van der Waals surface area contributed by atoms with Crippen LogP contribution in [-0.4, -0.2) is 42.7 Å². The minimum Gasteiger partial charge on any atom is -0.493 e. The monoisotopic (exact) mass is 315 g/mol. The number of ketones is 1. The molecule has 0 unspecified atom stereocenters. The van der Waals surface area contributed by atoms with Crippen LogP contribution in [0.2, 0.25) is 6.04 Å². The molecule has 1 aromatic rings. The van der Waals surface area contributed by atoms with Crippen molar-refractivity contribution in [3.63, 3.8) is 0 Å². The van der Waals surface area contributed by atoms with Gasteiger partial charge in [-0.25, -0.2) is 0 Å². The third-order valence-electron chi connectivity index (χ3n) is 2.67. The fourth-order valence-electron chi connectivity index (χ4n) is 1.67. The van der Waals surface area contributed by atoms with Crippen molar-refractivity contribution in [2.75, 3.05) is 13.7 Å². The van der Waals surface area contributed by atoms with Gasteiger partial charge in [0.05, 0.1) is 19.3 Å². The second-order valence-electron chi connectivity index (χ2n) is 4.39. The van der Waals surface area contributed by atoms with Crippen molar-refractivity contribution in [3.8, 4) is 11.5 Å². The van der Waals surface area contributed by atoms with Crippen LogP contribution in [0, 0.1) is 4.91 Å². The number of ether oxygens (including phenoxy) is 2. The average molecular weight is 315 g/mol. The Morgan fingerprint density at radius 2 is 1.95 bits per heavy atom. The van der Waals surface area contributed by atoms with Gasteiger partial charge in [0.15, 0.2) is 17.3 Å². The zero-order chi connectivity index (χ0) is 16.0. The number of methoxy groups -OCH3 is 1. The largest absolute Gasteiger partial charge is 0.493 e. The summed E-state index contributed by atoms with van der Waals surface area (Å²) in [6.45, 7) is 1.38. The van der Waals surface area contributed by atoms with Gasteiger partial charge in [-0.05, 0) is 24.6 Å². The molecule has 21 heavy (non-hydrogen) atoms. The van der Waals surface area contributed by atoms with Crippen LogP contribution in [-0.2, 0) is 0 Å². The van der Waals surface area contributed by atoms with Gasteiger partial charge in [-0.15, -0.1) is 4.91 Å². The lowest BCUT2D eigenvalue weighted by atomic mass is 10.1. The van der Waals surface area contributed by atoms with Gasteiger partial charge < -0.3 is 23.9 Å². The van der Waals surface area contributed by atoms with Gasteiger partial charge in [0.2, 0.25) is 0 Å². The number of nitroso groups, excluding NO2 is 1. The number of carbonyl (C=O) groups is 1. The number of nitrogens with zero attached hydrogens (tertiary/aromatic N) is 1. The highest BCUT2D eigenvalue weighted by Crippen LogP contribution is 2.35. The molecule has 9 heteroatoms. The molecule has 0 radical (unpaired) electrons. The van der Waals surface area contributed by atoms with Gasteiger partial charge in [-0.1, -0.05) is 0 Å². The maximum Gasteiger partial charge on any atom is 0.492 e. The topological polar surface area (TPSA) is 126 Å². The molecule has 1 rings (SSSR count). The molecule has 0 fully saturated rings. The minimum absolute atomic E-state index is 0.0616. The van der Waals surface area contributed by atoms with Crippen LogP contribution < -0.4 is 9.47 Å². The Morgan fingerprint density at radius 3 is 2.43 bits per heavy atom. The fourth-order valence-corrected chi connectivity index (χ4v) is 2.29. The Bertz CT molecular complexity index is 527. The molecular weight excluding hydrogens is 298 g/mol. The molecule has 0 atom stereocenters. The predicted octanol–water partition coefficient (Wildman–Crippen LogP) is 0.980. The quantitative estimate of drug-likeness (QED) is 0.282. The van der Waals surface area contributed by atoms with Crippen molar-refractivity contribution >= 4 is 20.3 Å². The van der Waals surface area contributed by atoms with E-state index < -0.39 is 8.80 Å². The van der Waals surface area contributed by atoms with Crippen molar-refractivity contribution in [2.45, 2.75) is 19.4 Å². The lowest BCUT2D eigenvalue weighted by Gasteiger charge is -2.13. The second-order valence-corrected chi connectivity index (χ2v) is 6.44. The van der Waals surface area contributed by atoms with Crippen molar-refractivity contribution < 1.29 is 28.7 Å². The van der Waals surface area contributed by atoms with E-state index in [0.717, 1.165) is 0 Å². The van der Waals surface area contributed by atoms with Crippen LogP contribution >= 0.6 is 0 Å². The normalized spacial score (nSPS) is 11.1. The first-order valence-electron chi connectivity index (χ1n) is 6.14. The molecule has 8 nitrogen and oxygen atoms in total. The van der Waals surface area contributed by atoms with Gasteiger partial charge >= 0.3 is 8.80 Å². The van der Waals surface area contributed by atoms with Crippen LogP contribution in [0.25, 0.3) is 0 Å². The van der Waals surface area contributed by atoms with E-state index in [9.17, 15) is 9.70 Å².